The van der Waals surface area contributed by atoms with Gasteiger partial charge in [-0.05, 0) is 62.2 Å². The lowest BCUT2D eigenvalue weighted by Crippen LogP contribution is -2.43. The number of carbonyl (C=O) groups excluding carboxylic acids is 2. The van der Waals surface area contributed by atoms with Crippen LogP contribution in [0.2, 0.25) is 0 Å². The molecule has 41 heavy (non-hydrogen) atoms. The van der Waals surface area contributed by atoms with E-state index in [0.29, 0.717) is 24.5 Å². The molecule has 3 heterocycles. The molecule has 0 aliphatic carbocycles. The number of anilines is 1. The first kappa shape index (κ1) is 26.3. The fraction of sp³-hybridized carbons (Fsp3) is 0.250. The van der Waals surface area contributed by atoms with Crippen LogP contribution in [0.25, 0.3) is 5.69 Å². The molecule has 1 unspecified atom stereocenters. The van der Waals surface area contributed by atoms with Crippen LogP contribution in [0.1, 0.15) is 56.2 Å². The van der Waals surface area contributed by atoms with Crippen LogP contribution in [0.5, 0.6) is 11.5 Å². The van der Waals surface area contributed by atoms with E-state index < -0.39 is 0 Å². The summed E-state index contributed by atoms with van der Waals surface area (Å²) < 4.78 is 12.8. The van der Waals surface area contributed by atoms with Crippen LogP contribution < -0.4 is 14.5 Å². The van der Waals surface area contributed by atoms with Crippen molar-refractivity contribution in [2.24, 2.45) is 5.10 Å². The largest absolute Gasteiger partial charge is 0.493 e. The number of hydrogen-bond acceptors (Lipinski definition) is 8. The summed E-state index contributed by atoms with van der Waals surface area (Å²) in [5, 5.41) is 11.3. The Bertz CT molecular complexity index is 1690. The van der Waals surface area contributed by atoms with Crippen LogP contribution in [0.4, 0.5) is 5.69 Å². The fourth-order valence-electron chi connectivity index (χ4n) is 5.45. The van der Waals surface area contributed by atoms with E-state index in [2.05, 4.69) is 5.10 Å². The Balaban J connectivity index is 1.46. The van der Waals surface area contributed by atoms with Crippen molar-refractivity contribution in [3.05, 3.63) is 100 Å². The van der Waals surface area contributed by atoms with Gasteiger partial charge < -0.3 is 14.4 Å². The van der Waals surface area contributed by atoms with E-state index >= 15 is 0 Å². The van der Waals surface area contributed by atoms with Gasteiger partial charge in [-0.2, -0.15) is 5.10 Å². The number of hydrogen-bond donors (Lipinski definition) is 0. The molecule has 2 aliphatic heterocycles. The Morgan fingerprint density at radius 1 is 0.878 bits per heavy atom. The van der Waals surface area contributed by atoms with E-state index in [-0.39, 0.29) is 34.8 Å². The average Bonchev–Trinajstić information content (AvgIpc) is 3.60. The van der Waals surface area contributed by atoms with Crippen molar-refractivity contribution in [1.29, 1.82) is 0 Å². The van der Waals surface area contributed by atoms with Crippen LogP contribution in [-0.4, -0.2) is 52.8 Å². The van der Waals surface area contributed by atoms with Gasteiger partial charge >= 0.3 is 0 Å². The Labute approximate surface area is 238 Å². The predicted octanol–water partition coefficient (Wildman–Crippen LogP) is 5.28. The van der Waals surface area contributed by atoms with E-state index in [9.17, 15) is 9.59 Å². The van der Waals surface area contributed by atoms with Gasteiger partial charge in [0.25, 0.3) is 0 Å². The highest BCUT2D eigenvalue weighted by atomic mass is 16.5. The molecule has 1 atom stereocenters. The topological polar surface area (TPSA) is 89.3 Å². The molecular formula is C32H31N5O4. The van der Waals surface area contributed by atoms with E-state index in [1.807, 2.05) is 84.4 Å². The maximum atomic E-state index is 14.2. The lowest BCUT2D eigenvalue weighted by molar-refractivity contribution is 0.0990. The number of ether oxygens (including phenoxy) is 2. The SMILES string of the molecule is COc1cc2c(cc1OC)C1N(CC2)C(C(=O)c2cn(-c3ccc(C)cc3)nc2C(C)=O)=NN1c1ccc(C)cc1. The summed E-state index contributed by atoms with van der Waals surface area (Å²) in [5.41, 5.74) is 6.24. The van der Waals surface area contributed by atoms with Gasteiger partial charge in [-0.15, -0.1) is 5.10 Å². The number of amidine groups is 1. The van der Waals surface area contributed by atoms with Crippen molar-refractivity contribution >= 4 is 23.1 Å². The van der Waals surface area contributed by atoms with Gasteiger partial charge in [0.15, 0.2) is 29.3 Å². The number of methoxy groups -OCH3 is 2. The Morgan fingerprint density at radius 3 is 2.10 bits per heavy atom. The maximum Gasteiger partial charge on any atom is 0.233 e. The number of ketones is 2. The van der Waals surface area contributed by atoms with Crippen molar-refractivity contribution in [3.8, 4) is 17.2 Å². The number of hydrazone groups is 1. The molecule has 0 saturated heterocycles. The van der Waals surface area contributed by atoms with E-state index in [1.54, 1.807) is 25.1 Å². The lowest BCUT2D eigenvalue weighted by Gasteiger charge is -2.37. The molecule has 6 rings (SSSR count). The van der Waals surface area contributed by atoms with Gasteiger partial charge in [0.2, 0.25) is 5.78 Å². The van der Waals surface area contributed by atoms with E-state index in [0.717, 1.165) is 33.6 Å². The quantitative estimate of drug-likeness (QED) is 0.290. The van der Waals surface area contributed by atoms with Crippen molar-refractivity contribution in [1.82, 2.24) is 14.7 Å². The first-order valence-corrected chi connectivity index (χ1v) is 13.5. The average molecular weight is 550 g/mol. The second-order valence-corrected chi connectivity index (χ2v) is 10.4. The highest BCUT2D eigenvalue weighted by molar-refractivity contribution is 6.46. The molecular weight excluding hydrogens is 518 g/mol. The number of aryl methyl sites for hydroxylation is 2. The molecule has 0 amide bonds. The summed E-state index contributed by atoms with van der Waals surface area (Å²) in [4.78, 5) is 28.9. The van der Waals surface area contributed by atoms with Crippen LogP contribution in [0.15, 0.2) is 72.0 Å². The summed E-state index contributed by atoms with van der Waals surface area (Å²) in [5.74, 6) is 0.894. The number of aromatic nitrogens is 2. The van der Waals surface area contributed by atoms with E-state index in [1.165, 1.54) is 6.92 Å². The molecule has 1 aromatic heterocycles. The maximum absolute atomic E-state index is 14.2. The standard InChI is InChI=1S/C32H31N5O4/c1-19-6-10-23(11-7-19)36-18-26(29(33-36)21(3)38)30(39)31-34-37(24-12-8-20(2)9-13-24)32-25-17-28(41-5)27(40-4)16-22(25)14-15-35(31)32/h6-13,16-18,32H,14-15H2,1-5H3. The van der Waals surface area contributed by atoms with Crippen molar-refractivity contribution in [2.45, 2.75) is 33.4 Å². The molecule has 0 bridgehead atoms. The molecule has 208 valence electrons. The minimum absolute atomic E-state index is 0.118. The van der Waals surface area contributed by atoms with Gasteiger partial charge in [-0.1, -0.05) is 35.4 Å². The molecule has 0 radical (unpaired) electrons. The molecule has 3 aromatic carbocycles. The molecule has 4 aromatic rings. The molecule has 0 spiro atoms. The van der Waals surface area contributed by atoms with E-state index in [4.69, 9.17) is 14.6 Å². The number of fused-ring (bicyclic) bond motifs is 3. The second-order valence-electron chi connectivity index (χ2n) is 10.4. The highest BCUT2D eigenvalue weighted by Gasteiger charge is 2.44. The van der Waals surface area contributed by atoms with Gasteiger partial charge in [0.05, 0.1) is 31.2 Å². The smallest absolute Gasteiger partial charge is 0.233 e. The van der Waals surface area contributed by atoms with Gasteiger partial charge in [-0.3, -0.25) is 9.59 Å². The highest BCUT2D eigenvalue weighted by Crippen LogP contribution is 2.44. The van der Waals surface area contributed by atoms with Gasteiger partial charge in [0.1, 0.15) is 5.69 Å². The number of Topliss-reactive ketones (excluding diaryl/α,β-unsaturated/α-hetero) is 2. The minimum Gasteiger partial charge on any atom is -0.493 e. The third-order valence-electron chi connectivity index (χ3n) is 7.64. The Kier molecular flexibility index (Phi) is 6.57. The second kappa shape index (κ2) is 10.2. The summed E-state index contributed by atoms with van der Waals surface area (Å²) in [6.07, 6.45) is 1.93. The third kappa shape index (κ3) is 4.53. The third-order valence-corrected chi connectivity index (χ3v) is 7.64. The minimum atomic E-state index is -0.381. The van der Waals surface area contributed by atoms with Crippen molar-refractivity contribution in [3.63, 3.8) is 0 Å². The van der Waals surface area contributed by atoms with Crippen LogP contribution in [-0.2, 0) is 6.42 Å². The van der Waals surface area contributed by atoms with Gasteiger partial charge in [-0.25, -0.2) is 9.69 Å². The van der Waals surface area contributed by atoms with Crippen LogP contribution >= 0.6 is 0 Å². The molecule has 2 aliphatic rings. The number of nitrogens with zero attached hydrogens (tertiary/aromatic N) is 5. The number of carbonyl (C=O) groups is 2. The monoisotopic (exact) mass is 549 g/mol. The molecule has 0 N–H and O–H groups in total. The lowest BCUT2D eigenvalue weighted by atomic mass is 9.95. The Hall–Kier alpha value is -4.92. The van der Waals surface area contributed by atoms with Gasteiger partial charge in [0, 0.05) is 25.2 Å². The zero-order valence-corrected chi connectivity index (χ0v) is 23.7. The summed E-state index contributed by atoms with van der Waals surface area (Å²) in [6, 6.07) is 19.7. The zero-order valence-electron chi connectivity index (χ0n) is 23.7. The molecule has 0 saturated carbocycles. The normalized spacial score (nSPS) is 15.7. The molecule has 0 fully saturated rings. The summed E-state index contributed by atoms with van der Waals surface area (Å²) in [7, 11) is 3.23. The summed E-state index contributed by atoms with van der Waals surface area (Å²) in [6.45, 7) is 6.01. The van der Waals surface area contributed by atoms with Crippen LogP contribution in [0, 0.1) is 13.8 Å². The fourth-order valence-corrected chi connectivity index (χ4v) is 5.45. The van der Waals surface area contributed by atoms with Crippen molar-refractivity contribution < 1.29 is 19.1 Å². The Morgan fingerprint density at radius 2 is 1.49 bits per heavy atom. The summed E-state index contributed by atoms with van der Waals surface area (Å²) >= 11 is 0. The number of rotatable bonds is 7. The van der Waals surface area contributed by atoms with Crippen molar-refractivity contribution in [2.75, 3.05) is 25.8 Å². The molecule has 9 heteroatoms. The number of benzene rings is 3. The molecule has 9 nitrogen and oxygen atoms in total. The predicted molar refractivity (Wildman–Crippen MR) is 156 cm³/mol. The first-order valence-electron chi connectivity index (χ1n) is 13.5. The zero-order chi connectivity index (χ0) is 28.8. The van der Waals surface area contributed by atoms with Crippen LogP contribution in [0.3, 0.4) is 0 Å². The first-order chi connectivity index (χ1) is 19.8.